The molecule has 0 saturated carbocycles. The number of nitrogens with two attached hydrogens (primary N) is 2. The summed E-state index contributed by atoms with van der Waals surface area (Å²) in [5, 5.41) is 1.08. The number of aromatic amines is 1. The lowest BCUT2D eigenvalue weighted by atomic mass is 10.1. The van der Waals surface area contributed by atoms with E-state index in [9.17, 15) is 9.59 Å². The van der Waals surface area contributed by atoms with E-state index in [-0.39, 0.29) is 36.3 Å². The molecule has 1 aliphatic rings. The first-order valence-electron chi connectivity index (χ1n) is 10.3. The van der Waals surface area contributed by atoms with Gasteiger partial charge in [0.05, 0.1) is 22.7 Å². The topological polar surface area (TPSA) is 118 Å². The first-order valence-corrected chi connectivity index (χ1v) is 11.4. The number of hydrogen-bond acceptors (Lipinski definition) is 6. The van der Waals surface area contributed by atoms with Gasteiger partial charge in [-0.15, -0.1) is 24.8 Å². The van der Waals surface area contributed by atoms with E-state index in [4.69, 9.17) is 11.5 Å². The summed E-state index contributed by atoms with van der Waals surface area (Å²) in [5.74, 6) is 1.43. The number of unbranched alkanes of at least 4 members (excludes halogenated alkanes) is 1. The zero-order valence-corrected chi connectivity index (χ0v) is 20.3. The smallest absolute Gasteiger partial charge is 0.258 e. The summed E-state index contributed by atoms with van der Waals surface area (Å²) in [6.45, 7) is 4.09. The third kappa shape index (κ3) is 7.36. The van der Waals surface area contributed by atoms with Gasteiger partial charge in [0.1, 0.15) is 5.82 Å². The highest BCUT2D eigenvalue weighted by Gasteiger charge is 2.26. The van der Waals surface area contributed by atoms with E-state index in [0.29, 0.717) is 35.2 Å². The number of rotatable bonds is 8. The molecule has 10 heteroatoms. The number of carbonyl (C=O) groups excluding carboxylic acids is 1. The molecule has 0 aliphatic carbocycles. The Morgan fingerprint density at radius 3 is 2.68 bits per heavy atom. The highest BCUT2D eigenvalue weighted by atomic mass is 35.5. The maximum absolute atomic E-state index is 12.5. The number of aryl methyl sites for hydroxylation is 1. The summed E-state index contributed by atoms with van der Waals surface area (Å²) in [7, 11) is 0. The lowest BCUT2D eigenvalue weighted by Gasteiger charge is -2.33. The molecule has 1 aromatic heterocycles. The van der Waals surface area contributed by atoms with E-state index >= 15 is 0 Å². The van der Waals surface area contributed by atoms with E-state index in [0.717, 1.165) is 49.9 Å². The van der Waals surface area contributed by atoms with Crippen LogP contribution in [0.1, 0.15) is 43.5 Å². The molecule has 1 aromatic carbocycles. The van der Waals surface area contributed by atoms with Crippen molar-refractivity contribution in [3.63, 3.8) is 0 Å². The Balaban J connectivity index is 0.00000240. The molecule has 1 saturated heterocycles. The molecule has 174 valence electrons. The Labute approximate surface area is 199 Å². The Bertz CT molecular complexity index is 903. The van der Waals surface area contributed by atoms with Crippen LogP contribution in [0.2, 0.25) is 0 Å². The van der Waals surface area contributed by atoms with Crippen LogP contribution in [-0.2, 0) is 10.5 Å². The number of likely N-dealkylation sites (tertiary alicyclic amines) is 1. The Morgan fingerprint density at radius 2 is 2.00 bits per heavy atom. The number of thioether (sulfide) groups is 1. The van der Waals surface area contributed by atoms with Crippen molar-refractivity contribution in [3.8, 4) is 0 Å². The van der Waals surface area contributed by atoms with Gasteiger partial charge in [-0.1, -0.05) is 18.6 Å². The molecule has 0 bridgehead atoms. The van der Waals surface area contributed by atoms with Crippen molar-refractivity contribution in [2.45, 2.75) is 56.1 Å². The summed E-state index contributed by atoms with van der Waals surface area (Å²) >= 11 is 1.80. The van der Waals surface area contributed by atoms with Gasteiger partial charge < -0.3 is 21.4 Å². The molecule has 0 radical (unpaired) electrons. The summed E-state index contributed by atoms with van der Waals surface area (Å²) in [6.07, 6.45) is 4.37. The molecule has 3 rings (SSSR count). The zero-order chi connectivity index (χ0) is 20.8. The van der Waals surface area contributed by atoms with Crippen molar-refractivity contribution >= 4 is 53.4 Å². The number of nitrogens with zero attached hydrogens (tertiary/aromatic N) is 2. The van der Waals surface area contributed by atoms with E-state index in [2.05, 4.69) is 9.97 Å². The molecule has 0 spiro atoms. The van der Waals surface area contributed by atoms with Crippen LogP contribution < -0.4 is 17.0 Å². The number of halogens is 2. The maximum atomic E-state index is 12.5. The minimum absolute atomic E-state index is 0. The largest absolute Gasteiger partial charge is 0.341 e. The van der Waals surface area contributed by atoms with Gasteiger partial charge in [-0.3, -0.25) is 9.59 Å². The molecular formula is C21H33Cl2N5O2S. The molecule has 2 aromatic rings. The third-order valence-electron chi connectivity index (χ3n) is 5.48. The van der Waals surface area contributed by atoms with Crippen molar-refractivity contribution in [1.82, 2.24) is 14.9 Å². The summed E-state index contributed by atoms with van der Waals surface area (Å²) in [5.41, 5.74) is 13.2. The molecule has 1 atom stereocenters. The third-order valence-corrected chi connectivity index (χ3v) is 6.87. The van der Waals surface area contributed by atoms with Crippen LogP contribution in [0.15, 0.2) is 23.0 Å². The monoisotopic (exact) mass is 489 g/mol. The number of benzene rings is 1. The summed E-state index contributed by atoms with van der Waals surface area (Å²) in [4.78, 5) is 34.3. The van der Waals surface area contributed by atoms with E-state index < -0.39 is 6.04 Å². The van der Waals surface area contributed by atoms with E-state index in [1.807, 2.05) is 24.0 Å². The fourth-order valence-electron chi connectivity index (χ4n) is 3.73. The first kappa shape index (κ1) is 27.7. The number of piperidine rings is 1. The van der Waals surface area contributed by atoms with Crippen LogP contribution in [0.3, 0.4) is 0 Å². The summed E-state index contributed by atoms with van der Waals surface area (Å²) < 4.78 is 0. The minimum atomic E-state index is -0.416. The van der Waals surface area contributed by atoms with Crippen LogP contribution in [-0.4, -0.2) is 51.7 Å². The highest BCUT2D eigenvalue weighted by molar-refractivity contribution is 7.99. The quantitative estimate of drug-likeness (QED) is 0.490. The van der Waals surface area contributed by atoms with Gasteiger partial charge in [0.2, 0.25) is 5.91 Å². The van der Waals surface area contributed by atoms with Gasteiger partial charge in [0.15, 0.2) is 0 Å². The Kier molecular flexibility index (Phi) is 11.9. The molecule has 2 heterocycles. The second-order valence-corrected chi connectivity index (χ2v) is 9.00. The van der Waals surface area contributed by atoms with Gasteiger partial charge in [-0.2, -0.15) is 11.8 Å². The molecule has 1 amide bonds. The number of nitrogens with one attached hydrogen (secondary N) is 1. The van der Waals surface area contributed by atoms with Crippen LogP contribution >= 0.6 is 36.6 Å². The number of aromatic nitrogens is 2. The fourth-order valence-corrected chi connectivity index (χ4v) is 4.80. The Morgan fingerprint density at radius 1 is 1.29 bits per heavy atom. The molecule has 5 N–H and O–H groups in total. The molecule has 7 nitrogen and oxygen atoms in total. The van der Waals surface area contributed by atoms with Crippen LogP contribution in [0.25, 0.3) is 10.9 Å². The fraction of sp³-hybridized carbons (Fsp3) is 0.571. The number of H-pyrrole nitrogens is 1. The second-order valence-electron chi connectivity index (χ2n) is 7.71. The molecule has 1 aliphatic heterocycles. The molecular weight excluding hydrogens is 457 g/mol. The highest BCUT2D eigenvalue weighted by Crippen LogP contribution is 2.26. The normalized spacial score (nSPS) is 15.3. The number of carbonyl (C=O) groups is 1. The number of amides is 1. The zero-order valence-electron chi connectivity index (χ0n) is 17.8. The van der Waals surface area contributed by atoms with Gasteiger partial charge in [0, 0.05) is 18.3 Å². The molecule has 0 unspecified atom stereocenters. The van der Waals surface area contributed by atoms with Crippen molar-refractivity contribution < 1.29 is 4.79 Å². The predicted molar refractivity (Wildman–Crippen MR) is 133 cm³/mol. The standard InChI is InChI=1S/C21H31N5O2S.2ClH/c1-14-5-4-6-16-19(14)24-18(25-20(16)27)13-29-15-8-11-26(12-9-15)21(28)17(23)7-2-3-10-22;;/h4-6,15,17H,2-3,7-13,22-23H2,1H3,(H,24,25,27);2*1H/t17-;;/m1../s1. The number of fused-ring (bicyclic) bond motifs is 1. The second kappa shape index (κ2) is 13.3. The van der Waals surface area contributed by atoms with Gasteiger partial charge in [-0.25, -0.2) is 4.98 Å². The van der Waals surface area contributed by atoms with Gasteiger partial charge in [0.25, 0.3) is 5.56 Å². The van der Waals surface area contributed by atoms with Gasteiger partial charge >= 0.3 is 0 Å². The predicted octanol–water partition coefficient (Wildman–Crippen LogP) is 2.76. The van der Waals surface area contributed by atoms with Gasteiger partial charge in [-0.05, 0) is 50.8 Å². The van der Waals surface area contributed by atoms with Crippen molar-refractivity contribution in [1.29, 1.82) is 0 Å². The van der Waals surface area contributed by atoms with Crippen molar-refractivity contribution in [3.05, 3.63) is 39.9 Å². The number of hydrogen-bond donors (Lipinski definition) is 3. The van der Waals surface area contributed by atoms with Crippen LogP contribution in [0.5, 0.6) is 0 Å². The summed E-state index contributed by atoms with van der Waals surface area (Å²) in [6, 6.07) is 5.24. The SMILES string of the molecule is Cc1cccc2c(=O)[nH]c(CSC3CCN(C(=O)[C@H](N)CCCCN)CC3)nc12.Cl.Cl. The minimum Gasteiger partial charge on any atom is -0.341 e. The first-order chi connectivity index (χ1) is 14.0. The van der Waals surface area contributed by atoms with Crippen molar-refractivity contribution in [2.75, 3.05) is 19.6 Å². The molecule has 1 fully saturated rings. The van der Waals surface area contributed by atoms with Crippen LogP contribution in [0, 0.1) is 6.92 Å². The van der Waals surface area contributed by atoms with Crippen molar-refractivity contribution in [2.24, 2.45) is 11.5 Å². The lowest BCUT2D eigenvalue weighted by molar-refractivity contribution is -0.133. The average Bonchev–Trinajstić information content (AvgIpc) is 2.73. The molecule has 31 heavy (non-hydrogen) atoms. The van der Waals surface area contributed by atoms with Crippen LogP contribution in [0.4, 0.5) is 0 Å². The number of para-hydroxylation sites is 1. The maximum Gasteiger partial charge on any atom is 0.258 e. The van der Waals surface area contributed by atoms with E-state index in [1.54, 1.807) is 17.8 Å². The lowest BCUT2D eigenvalue weighted by Crippen LogP contribution is -2.47. The van der Waals surface area contributed by atoms with E-state index in [1.165, 1.54) is 0 Å². The Hall–Kier alpha value is -1.32. The average molecular weight is 491 g/mol.